The van der Waals surface area contributed by atoms with Gasteiger partial charge in [-0.3, -0.25) is 0 Å². The van der Waals surface area contributed by atoms with Crippen molar-refractivity contribution in [2.45, 2.75) is 59.5 Å². The summed E-state index contributed by atoms with van der Waals surface area (Å²) in [5, 5.41) is 4.23. The van der Waals surface area contributed by atoms with Gasteiger partial charge in [0.2, 0.25) is 0 Å². The highest BCUT2D eigenvalue weighted by atomic mass is 32.1. The second kappa shape index (κ2) is 7.49. The molecular formula is C16H26N2S. The van der Waals surface area contributed by atoms with Crippen LogP contribution in [0.1, 0.15) is 46.1 Å². The standard InChI is InChI=1S/C16H26N2S/c1-6-13(4)18(14(5)7-2)16(19)17-15-11-9-8-10-12(15)3/h8-11,13-14H,6-7H2,1-5H3,(H,17,19). The molecule has 2 unspecified atom stereocenters. The van der Waals surface area contributed by atoms with Gasteiger partial charge in [-0.25, -0.2) is 0 Å². The Kier molecular flexibility index (Phi) is 6.29. The molecule has 0 radical (unpaired) electrons. The quantitative estimate of drug-likeness (QED) is 0.793. The first-order chi connectivity index (χ1) is 9.01. The van der Waals surface area contributed by atoms with Crippen molar-refractivity contribution in [1.29, 1.82) is 0 Å². The van der Waals surface area contributed by atoms with Crippen molar-refractivity contribution in [2.24, 2.45) is 0 Å². The van der Waals surface area contributed by atoms with Gasteiger partial charge in [-0.15, -0.1) is 0 Å². The van der Waals surface area contributed by atoms with Crippen LogP contribution >= 0.6 is 12.2 Å². The van der Waals surface area contributed by atoms with Crippen molar-refractivity contribution in [3.63, 3.8) is 0 Å². The fourth-order valence-electron chi connectivity index (χ4n) is 2.12. The van der Waals surface area contributed by atoms with Crippen LogP contribution in [0.4, 0.5) is 5.69 Å². The highest BCUT2D eigenvalue weighted by molar-refractivity contribution is 7.80. The molecule has 1 rings (SSSR count). The number of hydrogen-bond acceptors (Lipinski definition) is 1. The third-order valence-electron chi connectivity index (χ3n) is 3.75. The summed E-state index contributed by atoms with van der Waals surface area (Å²) < 4.78 is 0. The first-order valence-electron chi connectivity index (χ1n) is 7.16. The molecular weight excluding hydrogens is 252 g/mol. The smallest absolute Gasteiger partial charge is 0.173 e. The fourth-order valence-corrected chi connectivity index (χ4v) is 2.59. The summed E-state index contributed by atoms with van der Waals surface area (Å²) in [5.74, 6) is 0. The Balaban J connectivity index is 2.86. The van der Waals surface area contributed by atoms with E-state index in [9.17, 15) is 0 Å². The maximum atomic E-state index is 5.62. The molecule has 0 heterocycles. The largest absolute Gasteiger partial charge is 0.344 e. The molecule has 1 N–H and O–H groups in total. The van der Waals surface area contributed by atoms with Crippen LogP contribution in [0.5, 0.6) is 0 Å². The molecule has 1 aromatic rings. The van der Waals surface area contributed by atoms with E-state index >= 15 is 0 Å². The number of benzene rings is 1. The van der Waals surface area contributed by atoms with Crippen LogP contribution in [-0.4, -0.2) is 22.1 Å². The van der Waals surface area contributed by atoms with Crippen LogP contribution in [0.15, 0.2) is 24.3 Å². The van der Waals surface area contributed by atoms with Crippen molar-refractivity contribution in [1.82, 2.24) is 4.90 Å². The number of thiocarbonyl (C=S) groups is 1. The van der Waals surface area contributed by atoms with E-state index in [1.54, 1.807) is 0 Å². The molecule has 3 heteroatoms. The number of nitrogens with one attached hydrogen (secondary N) is 1. The Morgan fingerprint density at radius 3 is 2.16 bits per heavy atom. The topological polar surface area (TPSA) is 15.3 Å². The number of rotatable bonds is 5. The number of aryl methyl sites for hydroxylation is 1. The molecule has 0 saturated heterocycles. The van der Waals surface area contributed by atoms with Gasteiger partial charge in [-0.05, 0) is 57.5 Å². The van der Waals surface area contributed by atoms with Gasteiger partial charge in [0.15, 0.2) is 5.11 Å². The zero-order valence-electron chi connectivity index (χ0n) is 12.7. The summed E-state index contributed by atoms with van der Waals surface area (Å²) in [5.41, 5.74) is 2.32. The highest BCUT2D eigenvalue weighted by Gasteiger charge is 2.20. The molecule has 0 spiro atoms. The van der Waals surface area contributed by atoms with Crippen LogP contribution in [0.2, 0.25) is 0 Å². The molecule has 0 saturated carbocycles. The number of nitrogens with zero attached hydrogens (tertiary/aromatic N) is 1. The summed E-state index contributed by atoms with van der Waals surface area (Å²) >= 11 is 5.62. The van der Waals surface area contributed by atoms with E-state index in [-0.39, 0.29) is 0 Å². The van der Waals surface area contributed by atoms with Crippen molar-refractivity contribution in [3.05, 3.63) is 29.8 Å². The zero-order valence-corrected chi connectivity index (χ0v) is 13.6. The van der Waals surface area contributed by atoms with Crippen LogP contribution in [0.3, 0.4) is 0 Å². The maximum Gasteiger partial charge on any atom is 0.173 e. The summed E-state index contributed by atoms with van der Waals surface area (Å²) in [6.07, 6.45) is 2.19. The Bertz CT molecular complexity index is 407. The molecule has 0 aliphatic rings. The lowest BCUT2D eigenvalue weighted by atomic mass is 10.1. The lowest BCUT2D eigenvalue weighted by Gasteiger charge is -2.36. The molecule has 1 aromatic carbocycles. The Morgan fingerprint density at radius 2 is 1.68 bits per heavy atom. The van der Waals surface area contributed by atoms with Crippen LogP contribution < -0.4 is 5.32 Å². The fraction of sp³-hybridized carbons (Fsp3) is 0.562. The molecule has 0 aromatic heterocycles. The molecule has 2 nitrogen and oxygen atoms in total. The molecule has 2 atom stereocenters. The van der Waals surface area contributed by atoms with Gasteiger partial charge in [0.1, 0.15) is 0 Å². The van der Waals surface area contributed by atoms with Crippen LogP contribution in [0, 0.1) is 6.92 Å². The van der Waals surface area contributed by atoms with Crippen molar-refractivity contribution in [3.8, 4) is 0 Å². The van der Waals surface area contributed by atoms with Crippen molar-refractivity contribution >= 4 is 23.0 Å². The summed E-state index contributed by atoms with van der Waals surface area (Å²) in [6.45, 7) is 11.0. The minimum Gasteiger partial charge on any atom is -0.344 e. The first-order valence-corrected chi connectivity index (χ1v) is 7.57. The van der Waals surface area contributed by atoms with Gasteiger partial charge < -0.3 is 10.2 Å². The third-order valence-corrected chi connectivity index (χ3v) is 4.07. The van der Waals surface area contributed by atoms with E-state index < -0.39 is 0 Å². The third kappa shape index (κ3) is 4.20. The minimum atomic E-state index is 0.457. The SMILES string of the molecule is CCC(C)N(C(=S)Nc1ccccc1C)C(C)CC. The van der Waals surface area contributed by atoms with Gasteiger partial charge in [-0.1, -0.05) is 32.0 Å². The number of para-hydroxylation sites is 1. The first kappa shape index (κ1) is 16.0. The lowest BCUT2D eigenvalue weighted by molar-refractivity contribution is 0.254. The summed E-state index contributed by atoms with van der Waals surface area (Å²) in [6, 6.07) is 9.17. The average molecular weight is 278 g/mol. The molecule has 0 aliphatic heterocycles. The van der Waals surface area contributed by atoms with E-state index in [0.717, 1.165) is 23.6 Å². The van der Waals surface area contributed by atoms with Gasteiger partial charge in [0, 0.05) is 17.8 Å². The number of hydrogen-bond donors (Lipinski definition) is 1. The monoisotopic (exact) mass is 278 g/mol. The van der Waals surface area contributed by atoms with Gasteiger partial charge in [-0.2, -0.15) is 0 Å². The maximum absolute atomic E-state index is 5.62. The molecule has 0 aliphatic carbocycles. The normalized spacial score (nSPS) is 13.7. The van der Waals surface area contributed by atoms with E-state index in [1.165, 1.54) is 5.56 Å². The summed E-state index contributed by atoms with van der Waals surface area (Å²) in [4.78, 5) is 2.32. The lowest BCUT2D eigenvalue weighted by Crippen LogP contribution is -2.46. The molecule has 19 heavy (non-hydrogen) atoms. The highest BCUT2D eigenvalue weighted by Crippen LogP contribution is 2.18. The predicted molar refractivity (Wildman–Crippen MR) is 88.7 cm³/mol. The predicted octanol–water partition coefficient (Wildman–Crippen LogP) is 4.59. The molecule has 106 valence electrons. The zero-order chi connectivity index (χ0) is 14.4. The number of anilines is 1. The van der Waals surface area contributed by atoms with E-state index in [0.29, 0.717) is 12.1 Å². The molecule has 0 amide bonds. The van der Waals surface area contributed by atoms with Gasteiger partial charge >= 0.3 is 0 Å². The summed E-state index contributed by atoms with van der Waals surface area (Å²) in [7, 11) is 0. The molecule has 0 bridgehead atoms. The van der Waals surface area contributed by atoms with Crippen molar-refractivity contribution < 1.29 is 0 Å². The second-order valence-electron chi connectivity index (χ2n) is 5.17. The van der Waals surface area contributed by atoms with E-state index in [2.05, 4.69) is 57.0 Å². The van der Waals surface area contributed by atoms with Crippen LogP contribution in [0.25, 0.3) is 0 Å². The molecule has 0 fully saturated rings. The van der Waals surface area contributed by atoms with Gasteiger partial charge in [0.25, 0.3) is 0 Å². The average Bonchev–Trinajstić information content (AvgIpc) is 2.41. The Labute approximate surface area is 123 Å². The minimum absolute atomic E-state index is 0.457. The Morgan fingerprint density at radius 1 is 1.16 bits per heavy atom. The van der Waals surface area contributed by atoms with E-state index in [4.69, 9.17) is 12.2 Å². The Hall–Kier alpha value is -1.09. The second-order valence-corrected chi connectivity index (χ2v) is 5.55. The van der Waals surface area contributed by atoms with Crippen molar-refractivity contribution in [2.75, 3.05) is 5.32 Å². The van der Waals surface area contributed by atoms with E-state index in [1.807, 2.05) is 12.1 Å². The van der Waals surface area contributed by atoms with Crippen LogP contribution in [-0.2, 0) is 0 Å². The van der Waals surface area contributed by atoms with Gasteiger partial charge in [0.05, 0.1) is 0 Å².